The maximum atomic E-state index is 3.51. The van der Waals surface area contributed by atoms with Gasteiger partial charge in [-0.05, 0) is 43.7 Å². The number of nitrogens with zero attached hydrogens (tertiary/aromatic N) is 1. The molecule has 0 bridgehead atoms. The van der Waals surface area contributed by atoms with Crippen LogP contribution >= 0.6 is 15.9 Å². The van der Waals surface area contributed by atoms with Gasteiger partial charge in [0, 0.05) is 17.1 Å². The zero-order chi connectivity index (χ0) is 9.42. The Morgan fingerprint density at radius 3 is 3.00 bits per heavy atom. The molecular formula is C11H14BrN. The minimum Gasteiger partial charge on any atom is -0.299 e. The SMILES string of the molecule is CC1c2ccc(Br)cc2CCN1C. The molecule has 1 heterocycles. The van der Waals surface area contributed by atoms with Crippen LogP contribution in [0.5, 0.6) is 0 Å². The summed E-state index contributed by atoms with van der Waals surface area (Å²) < 4.78 is 1.20. The summed E-state index contributed by atoms with van der Waals surface area (Å²) in [6.45, 7) is 3.44. The first-order chi connectivity index (χ1) is 6.18. The van der Waals surface area contributed by atoms with E-state index in [9.17, 15) is 0 Å². The van der Waals surface area contributed by atoms with Crippen molar-refractivity contribution >= 4 is 15.9 Å². The fourth-order valence-electron chi connectivity index (χ4n) is 1.93. The van der Waals surface area contributed by atoms with Crippen molar-refractivity contribution in [2.75, 3.05) is 13.6 Å². The van der Waals surface area contributed by atoms with Crippen molar-refractivity contribution < 1.29 is 0 Å². The van der Waals surface area contributed by atoms with E-state index in [1.165, 1.54) is 28.6 Å². The largest absolute Gasteiger partial charge is 0.299 e. The molecule has 0 N–H and O–H groups in total. The summed E-state index contributed by atoms with van der Waals surface area (Å²) >= 11 is 3.51. The van der Waals surface area contributed by atoms with Gasteiger partial charge in [0.2, 0.25) is 0 Å². The lowest BCUT2D eigenvalue weighted by Crippen LogP contribution is -2.30. The molecule has 2 rings (SSSR count). The highest BCUT2D eigenvalue weighted by atomic mass is 79.9. The average molecular weight is 240 g/mol. The number of rotatable bonds is 0. The Labute approximate surface area is 87.9 Å². The molecule has 2 heteroatoms. The van der Waals surface area contributed by atoms with E-state index in [1.807, 2.05) is 0 Å². The Kier molecular flexibility index (Phi) is 2.43. The number of fused-ring (bicyclic) bond motifs is 1. The highest BCUT2D eigenvalue weighted by molar-refractivity contribution is 9.10. The van der Waals surface area contributed by atoms with Gasteiger partial charge in [-0.2, -0.15) is 0 Å². The minimum absolute atomic E-state index is 0.567. The summed E-state index contributed by atoms with van der Waals surface area (Å²) in [6.07, 6.45) is 1.18. The van der Waals surface area contributed by atoms with Gasteiger partial charge in [0.15, 0.2) is 0 Å². The highest BCUT2D eigenvalue weighted by Crippen LogP contribution is 2.29. The van der Waals surface area contributed by atoms with Crippen LogP contribution in [0.15, 0.2) is 22.7 Å². The molecule has 0 amide bonds. The van der Waals surface area contributed by atoms with Gasteiger partial charge in [-0.1, -0.05) is 22.0 Å². The Bertz CT molecular complexity index is 322. The van der Waals surface area contributed by atoms with E-state index in [1.54, 1.807) is 0 Å². The maximum Gasteiger partial charge on any atom is 0.0319 e. The van der Waals surface area contributed by atoms with E-state index < -0.39 is 0 Å². The zero-order valence-corrected chi connectivity index (χ0v) is 9.63. The molecule has 0 spiro atoms. The first-order valence-electron chi connectivity index (χ1n) is 4.67. The van der Waals surface area contributed by atoms with Crippen LogP contribution in [0.25, 0.3) is 0 Å². The molecule has 0 aliphatic carbocycles. The third-order valence-electron chi connectivity index (χ3n) is 2.95. The lowest BCUT2D eigenvalue weighted by molar-refractivity contribution is 0.247. The van der Waals surface area contributed by atoms with Crippen LogP contribution in [0.2, 0.25) is 0 Å². The number of benzene rings is 1. The van der Waals surface area contributed by atoms with E-state index >= 15 is 0 Å². The van der Waals surface area contributed by atoms with Crippen LogP contribution in [0.4, 0.5) is 0 Å². The van der Waals surface area contributed by atoms with Crippen molar-refractivity contribution in [2.24, 2.45) is 0 Å². The molecule has 0 radical (unpaired) electrons. The van der Waals surface area contributed by atoms with Gasteiger partial charge in [-0.15, -0.1) is 0 Å². The summed E-state index contributed by atoms with van der Waals surface area (Å²) in [5, 5.41) is 0. The topological polar surface area (TPSA) is 3.24 Å². The maximum absolute atomic E-state index is 3.51. The molecular weight excluding hydrogens is 226 g/mol. The van der Waals surface area contributed by atoms with E-state index in [4.69, 9.17) is 0 Å². The lowest BCUT2D eigenvalue weighted by Gasteiger charge is -2.32. The van der Waals surface area contributed by atoms with Crippen molar-refractivity contribution in [2.45, 2.75) is 19.4 Å². The van der Waals surface area contributed by atoms with Crippen LogP contribution in [0.1, 0.15) is 24.1 Å². The molecule has 1 aromatic rings. The molecule has 0 saturated heterocycles. The van der Waals surface area contributed by atoms with E-state index in [-0.39, 0.29) is 0 Å². The Hall–Kier alpha value is -0.340. The Morgan fingerprint density at radius 1 is 1.46 bits per heavy atom. The number of hydrogen-bond acceptors (Lipinski definition) is 1. The second-order valence-electron chi connectivity index (χ2n) is 3.75. The van der Waals surface area contributed by atoms with Crippen LogP contribution in [0, 0.1) is 0 Å². The van der Waals surface area contributed by atoms with Gasteiger partial charge >= 0.3 is 0 Å². The van der Waals surface area contributed by atoms with Crippen LogP contribution in [-0.2, 0) is 6.42 Å². The summed E-state index contributed by atoms with van der Waals surface area (Å²) in [5.74, 6) is 0. The zero-order valence-electron chi connectivity index (χ0n) is 8.05. The second-order valence-corrected chi connectivity index (χ2v) is 4.67. The standard InChI is InChI=1S/C11H14BrN/c1-8-11-4-3-10(12)7-9(11)5-6-13(8)2/h3-4,7-8H,5-6H2,1-2H3. The second kappa shape index (κ2) is 3.43. The first-order valence-corrected chi connectivity index (χ1v) is 5.46. The van der Waals surface area contributed by atoms with Crippen LogP contribution in [-0.4, -0.2) is 18.5 Å². The van der Waals surface area contributed by atoms with Gasteiger partial charge in [-0.3, -0.25) is 4.90 Å². The van der Waals surface area contributed by atoms with Crippen molar-refractivity contribution in [1.82, 2.24) is 4.90 Å². The molecule has 1 aromatic carbocycles. The van der Waals surface area contributed by atoms with E-state index in [0.29, 0.717) is 6.04 Å². The average Bonchev–Trinajstić information content (AvgIpc) is 2.12. The van der Waals surface area contributed by atoms with E-state index in [0.717, 1.165) is 0 Å². The summed E-state index contributed by atoms with van der Waals surface area (Å²) in [5.41, 5.74) is 2.98. The van der Waals surface area contributed by atoms with Crippen molar-refractivity contribution in [3.8, 4) is 0 Å². The predicted molar refractivity (Wildman–Crippen MR) is 58.9 cm³/mol. The molecule has 1 atom stereocenters. The van der Waals surface area contributed by atoms with Gasteiger partial charge in [0.05, 0.1) is 0 Å². The number of halogens is 1. The predicted octanol–water partition coefficient (Wildman–Crippen LogP) is 3.00. The first kappa shape index (κ1) is 9.22. The summed E-state index contributed by atoms with van der Waals surface area (Å²) in [4.78, 5) is 2.40. The monoisotopic (exact) mass is 239 g/mol. The molecule has 0 fully saturated rings. The number of hydrogen-bond donors (Lipinski definition) is 0. The minimum atomic E-state index is 0.567. The smallest absolute Gasteiger partial charge is 0.0319 e. The van der Waals surface area contributed by atoms with E-state index in [2.05, 4.69) is 53.0 Å². The third kappa shape index (κ3) is 1.65. The quantitative estimate of drug-likeness (QED) is 0.673. The number of likely N-dealkylation sites (N-methyl/N-ethyl adjacent to an activating group) is 1. The Balaban J connectivity index is 2.44. The molecule has 1 aliphatic rings. The Morgan fingerprint density at radius 2 is 2.23 bits per heavy atom. The molecule has 13 heavy (non-hydrogen) atoms. The van der Waals surface area contributed by atoms with Crippen molar-refractivity contribution in [3.63, 3.8) is 0 Å². The third-order valence-corrected chi connectivity index (χ3v) is 3.44. The van der Waals surface area contributed by atoms with Crippen LogP contribution in [0.3, 0.4) is 0 Å². The molecule has 0 saturated carbocycles. The lowest BCUT2D eigenvalue weighted by atomic mass is 9.94. The molecule has 0 aromatic heterocycles. The van der Waals surface area contributed by atoms with Gasteiger partial charge in [0.25, 0.3) is 0 Å². The fraction of sp³-hybridized carbons (Fsp3) is 0.455. The van der Waals surface area contributed by atoms with Gasteiger partial charge < -0.3 is 0 Å². The van der Waals surface area contributed by atoms with Gasteiger partial charge in [-0.25, -0.2) is 0 Å². The van der Waals surface area contributed by atoms with Crippen molar-refractivity contribution in [1.29, 1.82) is 0 Å². The molecule has 1 nitrogen and oxygen atoms in total. The molecule has 1 unspecified atom stereocenters. The normalized spacial score (nSPS) is 22.8. The van der Waals surface area contributed by atoms with Crippen LogP contribution < -0.4 is 0 Å². The summed E-state index contributed by atoms with van der Waals surface area (Å²) in [6, 6.07) is 7.18. The van der Waals surface area contributed by atoms with Gasteiger partial charge in [0.1, 0.15) is 0 Å². The summed E-state index contributed by atoms with van der Waals surface area (Å²) in [7, 11) is 2.19. The molecule has 70 valence electrons. The van der Waals surface area contributed by atoms with Crippen molar-refractivity contribution in [3.05, 3.63) is 33.8 Å². The molecule has 1 aliphatic heterocycles. The fourth-order valence-corrected chi connectivity index (χ4v) is 2.33. The highest BCUT2D eigenvalue weighted by Gasteiger charge is 2.20.